The molecule has 1 heterocycles. The van der Waals surface area contributed by atoms with E-state index in [1.54, 1.807) is 4.90 Å². The van der Waals surface area contributed by atoms with Gasteiger partial charge in [-0.2, -0.15) is 0 Å². The molecular weight excluding hydrogens is 310 g/mol. The maximum Gasteiger partial charge on any atom is 0.226 e. The van der Waals surface area contributed by atoms with Gasteiger partial charge in [0.15, 0.2) is 0 Å². The summed E-state index contributed by atoms with van der Waals surface area (Å²) in [6, 6.07) is 7.55. The fourth-order valence-corrected chi connectivity index (χ4v) is 2.69. The summed E-state index contributed by atoms with van der Waals surface area (Å²) in [6.45, 7) is 1.17. The number of aliphatic hydroxyl groups is 1. The van der Waals surface area contributed by atoms with Gasteiger partial charge in [0.2, 0.25) is 5.91 Å². The standard InChI is InChI=1S/C14H18BrNO3/c15-11-3-1-5-13(9-11)19-8-6-14(18)16-7-2-4-12(16)10-17/h1,3,5,9,12,17H,2,4,6-8,10H2/t12-/m0/s1. The van der Waals surface area contributed by atoms with E-state index >= 15 is 0 Å². The average molecular weight is 328 g/mol. The number of halogens is 1. The Hall–Kier alpha value is -1.07. The van der Waals surface area contributed by atoms with Gasteiger partial charge in [-0.25, -0.2) is 0 Å². The van der Waals surface area contributed by atoms with Crippen LogP contribution in [-0.2, 0) is 4.79 Å². The minimum Gasteiger partial charge on any atom is -0.493 e. The molecule has 2 rings (SSSR count). The van der Waals surface area contributed by atoms with Gasteiger partial charge in [0.1, 0.15) is 5.75 Å². The van der Waals surface area contributed by atoms with Crippen LogP contribution in [-0.4, -0.2) is 41.7 Å². The van der Waals surface area contributed by atoms with E-state index in [1.807, 2.05) is 24.3 Å². The van der Waals surface area contributed by atoms with Crippen LogP contribution in [0.1, 0.15) is 19.3 Å². The lowest BCUT2D eigenvalue weighted by molar-refractivity contribution is -0.133. The molecule has 104 valence electrons. The summed E-state index contributed by atoms with van der Waals surface area (Å²) in [6.07, 6.45) is 2.22. The maximum absolute atomic E-state index is 12.0. The van der Waals surface area contributed by atoms with Crippen molar-refractivity contribution in [3.05, 3.63) is 28.7 Å². The number of nitrogens with zero attached hydrogens (tertiary/aromatic N) is 1. The number of aliphatic hydroxyl groups excluding tert-OH is 1. The quantitative estimate of drug-likeness (QED) is 0.902. The van der Waals surface area contributed by atoms with E-state index in [0.717, 1.165) is 29.6 Å². The fraction of sp³-hybridized carbons (Fsp3) is 0.500. The maximum atomic E-state index is 12.0. The van der Waals surface area contributed by atoms with Gasteiger partial charge in [-0.05, 0) is 31.0 Å². The molecule has 0 saturated carbocycles. The summed E-state index contributed by atoms with van der Waals surface area (Å²) in [5.41, 5.74) is 0. The molecule has 0 aromatic heterocycles. The average Bonchev–Trinajstić information content (AvgIpc) is 2.87. The van der Waals surface area contributed by atoms with Crippen molar-refractivity contribution < 1.29 is 14.6 Å². The Bertz CT molecular complexity index is 438. The molecule has 0 radical (unpaired) electrons. The van der Waals surface area contributed by atoms with Gasteiger partial charge in [0.25, 0.3) is 0 Å². The highest BCUT2D eigenvalue weighted by Gasteiger charge is 2.27. The first-order valence-corrected chi connectivity index (χ1v) is 7.28. The van der Waals surface area contributed by atoms with Crippen LogP contribution >= 0.6 is 15.9 Å². The Morgan fingerprint density at radius 3 is 3.11 bits per heavy atom. The molecule has 1 N–H and O–H groups in total. The van der Waals surface area contributed by atoms with Gasteiger partial charge < -0.3 is 14.7 Å². The highest BCUT2D eigenvalue weighted by atomic mass is 79.9. The van der Waals surface area contributed by atoms with E-state index in [-0.39, 0.29) is 18.6 Å². The number of hydrogen-bond donors (Lipinski definition) is 1. The van der Waals surface area contributed by atoms with E-state index in [9.17, 15) is 9.90 Å². The molecule has 0 bridgehead atoms. The van der Waals surface area contributed by atoms with Crippen LogP contribution in [0.4, 0.5) is 0 Å². The third kappa shape index (κ3) is 3.94. The molecule has 1 saturated heterocycles. The number of carbonyl (C=O) groups is 1. The van der Waals surface area contributed by atoms with Gasteiger partial charge in [-0.15, -0.1) is 0 Å². The first-order chi connectivity index (χ1) is 9.20. The van der Waals surface area contributed by atoms with Crippen LogP contribution in [0.15, 0.2) is 28.7 Å². The summed E-state index contributed by atoms with van der Waals surface area (Å²) >= 11 is 3.37. The summed E-state index contributed by atoms with van der Waals surface area (Å²) in [4.78, 5) is 13.8. The van der Waals surface area contributed by atoms with Crippen LogP contribution in [0, 0.1) is 0 Å². The van der Waals surface area contributed by atoms with Crippen molar-refractivity contribution in [2.45, 2.75) is 25.3 Å². The summed E-state index contributed by atoms with van der Waals surface area (Å²) in [5.74, 6) is 0.814. The smallest absolute Gasteiger partial charge is 0.226 e. The molecule has 1 fully saturated rings. The minimum atomic E-state index is -0.00151. The molecular formula is C14H18BrNO3. The topological polar surface area (TPSA) is 49.8 Å². The molecule has 1 aliphatic heterocycles. The predicted octanol–water partition coefficient (Wildman–Crippen LogP) is 2.20. The molecule has 0 unspecified atom stereocenters. The second-order valence-corrected chi connectivity index (χ2v) is 5.54. The summed E-state index contributed by atoms with van der Waals surface area (Å²) < 4.78 is 6.50. The van der Waals surface area contributed by atoms with Crippen LogP contribution in [0.5, 0.6) is 5.75 Å². The van der Waals surface area contributed by atoms with Crippen molar-refractivity contribution in [3.8, 4) is 5.75 Å². The van der Waals surface area contributed by atoms with Crippen LogP contribution in [0.2, 0.25) is 0 Å². The molecule has 19 heavy (non-hydrogen) atoms. The van der Waals surface area contributed by atoms with Crippen LogP contribution in [0.25, 0.3) is 0 Å². The Labute approximate surface area is 121 Å². The molecule has 1 aromatic rings. The normalized spacial score (nSPS) is 18.6. The number of amides is 1. The van der Waals surface area contributed by atoms with Crippen molar-refractivity contribution in [1.82, 2.24) is 4.90 Å². The largest absolute Gasteiger partial charge is 0.493 e. The van der Waals surface area contributed by atoms with Crippen molar-refractivity contribution in [2.24, 2.45) is 0 Å². The van der Waals surface area contributed by atoms with E-state index in [2.05, 4.69) is 15.9 Å². The first kappa shape index (κ1) is 14.3. The number of benzene rings is 1. The van der Waals surface area contributed by atoms with Crippen molar-refractivity contribution in [1.29, 1.82) is 0 Å². The van der Waals surface area contributed by atoms with Gasteiger partial charge >= 0.3 is 0 Å². The molecule has 5 heteroatoms. The molecule has 1 atom stereocenters. The van der Waals surface area contributed by atoms with Crippen LogP contribution < -0.4 is 4.74 Å². The number of ether oxygens (including phenoxy) is 1. The third-order valence-electron chi connectivity index (χ3n) is 3.29. The lowest BCUT2D eigenvalue weighted by atomic mass is 10.2. The van der Waals surface area contributed by atoms with Crippen molar-refractivity contribution >= 4 is 21.8 Å². The molecule has 1 aliphatic rings. The second kappa shape index (κ2) is 6.91. The SMILES string of the molecule is O=C(CCOc1cccc(Br)c1)N1CCC[C@H]1CO. The monoisotopic (exact) mass is 327 g/mol. The van der Waals surface area contributed by atoms with Crippen molar-refractivity contribution in [2.75, 3.05) is 19.8 Å². The van der Waals surface area contributed by atoms with Crippen molar-refractivity contribution in [3.63, 3.8) is 0 Å². The highest BCUT2D eigenvalue weighted by molar-refractivity contribution is 9.10. The second-order valence-electron chi connectivity index (χ2n) is 4.62. The zero-order valence-electron chi connectivity index (χ0n) is 10.7. The van der Waals surface area contributed by atoms with Gasteiger partial charge in [0.05, 0.1) is 25.7 Å². The zero-order chi connectivity index (χ0) is 13.7. The van der Waals surface area contributed by atoms with Gasteiger partial charge in [-0.1, -0.05) is 22.0 Å². The first-order valence-electron chi connectivity index (χ1n) is 6.49. The van der Waals surface area contributed by atoms with Crippen LogP contribution in [0.3, 0.4) is 0 Å². The van der Waals surface area contributed by atoms with E-state index < -0.39 is 0 Å². The Morgan fingerprint density at radius 2 is 2.37 bits per heavy atom. The summed E-state index contributed by atoms with van der Waals surface area (Å²) in [7, 11) is 0. The number of hydrogen-bond acceptors (Lipinski definition) is 3. The lowest BCUT2D eigenvalue weighted by Gasteiger charge is -2.23. The highest BCUT2D eigenvalue weighted by Crippen LogP contribution is 2.19. The molecule has 0 spiro atoms. The Kier molecular flexibility index (Phi) is 5.22. The summed E-state index contributed by atoms with van der Waals surface area (Å²) in [5, 5.41) is 9.19. The molecule has 0 aliphatic carbocycles. The molecule has 1 aromatic carbocycles. The van der Waals surface area contributed by atoms with E-state index in [4.69, 9.17) is 4.74 Å². The van der Waals surface area contributed by atoms with E-state index in [1.165, 1.54) is 0 Å². The number of likely N-dealkylation sites (tertiary alicyclic amines) is 1. The lowest BCUT2D eigenvalue weighted by Crippen LogP contribution is -2.38. The number of carbonyl (C=O) groups excluding carboxylic acids is 1. The van der Waals surface area contributed by atoms with Gasteiger partial charge in [0, 0.05) is 11.0 Å². The Morgan fingerprint density at radius 1 is 1.53 bits per heavy atom. The van der Waals surface area contributed by atoms with Gasteiger partial charge in [-0.3, -0.25) is 4.79 Å². The molecule has 4 nitrogen and oxygen atoms in total. The minimum absolute atomic E-state index is 0.00151. The predicted molar refractivity (Wildman–Crippen MR) is 76.1 cm³/mol. The van der Waals surface area contributed by atoms with E-state index in [0.29, 0.717) is 13.0 Å². The Balaban J connectivity index is 1.78. The fourth-order valence-electron chi connectivity index (χ4n) is 2.31. The number of rotatable bonds is 5. The zero-order valence-corrected chi connectivity index (χ0v) is 12.3. The molecule has 1 amide bonds. The third-order valence-corrected chi connectivity index (χ3v) is 3.78.